The lowest BCUT2D eigenvalue weighted by Crippen LogP contribution is -2.34. The van der Waals surface area contributed by atoms with E-state index in [9.17, 15) is 30.0 Å². The van der Waals surface area contributed by atoms with Gasteiger partial charge in [-0.1, -0.05) is 42.0 Å². The number of anilines is 1. The predicted octanol–water partition coefficient (Wildman–Crippen LogP) is 4.58. The quantitative estimate of drug-likeness (QED) is 0.426. The molecule has 3 aromatic rings. The van der Waals surface area contributed by atoms with Gasteiger partial charge in [0.05, 0.1) is 21.0 Å². The average molecular weight is 513 g/mol. The number of nitrogens with zero attached hydrogens (tertiary/aromatic N) is 1. The van der Waals surface area contributed by atoms with E-state index in [1.807, 2.05) is 6.92 Å². The van der Waals surface area contributed by atoms with Crippen LogP contribution in [0.3, 0.4) is 0 Å². The third-order valence-corrected chi connectivity index (χ3v) is 8.26. The molecule has 182 valence electrons. The number of nitrogens with one attached hydrogen (secondary N) is 1. The van der Waals surface area contributed by atoms with E-state index in [2.05, 4.69) is 4.72 Å². The first-order chi connectivity index (χ1) is 15.9. The highest BCUT2D eigenvalue weighted by Crippen LogP contribution is 2.30. The van der Waals surface area contributed by atoms with E-state index in [0.29, 0.717) is 11.8 Å². The Morgan fingerprint density at radius 3 is 2.09 bits per heavy atom. The van der Waals surface area contributed by atoms with Gasteiger partial charge in [0, 0.05) is 13.1 Å². The van der Waals surface area contributed by atoms with E-state index in [1.165, 1.54) is 16.4 Å². The number of aryl methyl sites for hydroxylation is 1. The first-order valence-electron chi connectivity index (χ1n) is 10.2. The number of benzene rings is 3. The maximum absolute atomic E-state index is 13.3. The molecule has 1 N–H and O–H groups in total. The summed E-state index contributed by atoms with van der Waals surface area (Å²) in [6.45, 7) is 1.61. The topological polar surface area (TPSA) is 83.6 Å². The summed E-state index contributed by atoms with van der Waals surface area (Å²) in [5, 5.41) is 0. The Balaban J connectivity index is 1.75. The van der Waals surface area contributed by atoms with Gasteiger partial charge >= 0.3 is 6.18 Å². The van der Waals surface area contributed by atoms with Gasteiger partial charge in [0.2, 0.25) is 10.0 Å². The second-order valence-electron chi connectivity index (χ2n) is 7.50. The molecule has 0 aromatic heterocycles. The van der Waals surface area contributed by atoms with Crippen molar-refractivity contribution in [2.75, 3.05) is 17.4 Å². The predicted molar refractivity (Wildman–Crippen MR) is 123 cm³/mol. The van der Waals surface area contributed by atoms with Gasteiger partial charge in [0.25, 0.3) is 10.0 Å². The van der Waals surface area contributed by atoms with Crippen LogP contribution in [0.4, 0.5) is 18.9 Å². The Labute approximate surface area is 197 Å². The van der Waals surface area contributed by atoms with Crippen molar-refractivity contribution in [3.63, 3.8) is 0 Å². The fourth-order valence-electron chi connectivity index (χ4n) is 3.17. The van der Waals surface area contributed by atoms with Gasteiger partial charge in [-0.2, -0.15) is 13.2 Å². The zero-order chi connectivity index (χ0) is 25.0. The average Bonchev–Trinajstić information content (AvgIpc) is 2.79. The molecule has 0 unspecified atom stereocenters. The molecule has 0 aliphatic rings. The Bertz CT molecular complexity index is 1330. The van der Waals surface area contributed by atoms with Crippen molar-refractivity contribution in [1.29, 1.82) is 0 Å². The van der Waals surface area contributed by atoms with Gasteiger partial charge in [0.1, 0.15) is 0 Å². The van der Waals surface area contributed by atoms with Gasteiger partial charge in [-0.3, -0.25) is 4.31 Å². The van der Waals surface area contributed by atoms with Crippen LogP contribution < -0.4 is 9.03 Å². The SMILES string of the molecule is Cc1ccc(S(=O)(=O)N(CCCNS(=O)(=O)c2cccc(C(F)(F)F)c2)c2ccccc2)cc1. The molecular formula is C23H23F3N2O4S2. The van der Waals surface area contributed by atoms with E-state index >= 15 is 0 Å². The molecule has 0 saturated carbocycles. The zero-order valence-corrected chi connectivity index (χ0v) is 19.8. The first kappa shape index (κ1) is 25.7. The van der Waals surface area contributed by atoms with Crippen LogP contribution in [0.2, 0.25) is 0 Å². The lowest BCUT2D eigenvalue weighted by Gasteiger charge is -2.24. The standard InChI is InChI=1S/C23H23F3N2O4S2/c1-18-11-13-21(14-12-18)34(31,32)28(20-8-3-2-4-9-20)16-6-15-27-33(29,30)22-10-5-7-19(17-22)23(24,25)26/h2-5,7-14,17,27H,6,15-16H2,1H3. The van der Waals surface area contributed by atoms with Crippen LogP contribution in [-0.2, 0) is 26.2 Å². The molecule has 0 spiro atoms. The smallest absolute Gasteiger partial charge is 0.266 e. The summed E-state index contributed by atoms with van der Waals surface area (Å²) in [4.78, 5) is -0.430. The molecule has 0 amide bonds. The summed E-state index contributed by atoms with van der Waals surface area (Å²) < 4.78 is 93.6. The molecule has 11 heteroatoms. The van der Waals surface area contributed by atoms with Crippen LogP contribution in [0.5, 0.6) is 0 Å². The number of hydrogen-bond donors (Lipinski definition) is 1. The van der Waals surface area contributed by atoms with Crippen molar-refractivity contribution in [2.24, 2.45) is 0 Å². The molecule has 0 bridgehead atoms. The minimum absolute atomic E-state index is 0.0503. The number of rotatable bonds is 9. The van der Waals surface area contributed by atoms with Gasteiger partial charge in [0.15, 0.2) is 0 Å². The van der Waals surface area contributed by atoms with Crippen LogP contribution in [0.15, 0.2) is 88.7 Å². The second kappa shape index (κ2) is 10.2. The van der Waals surface area contributed by atoms with E-state index in [-0.39, 0.29) is 24.4 Å². The van der Waals surface area contributed by atoms with E-state index in [1.54, 1.807) is 42.5 Å². The maximum Gasteiger partial charge on any atom is 0.416 e. The second-order valence-corrected chi connectivity index (χ2v) is 11.1. The van der Waals surface area contributed by atoms with Crippen molar-refractivity contribution in [3.05, 3.63) is 90.0 Å². The summed E-state index contributed by atoms with van der Waals surface area (Å²) in [5.74, 6) is 0. The van der Waals surface area contributed by atoms with Crippen molar-refractivity contribution >= 4 is 25.7 Å². The van der Waals surface area contributed by atoms with Crippen LogP contribution in [0, 0.1) is 6.92 Å². The molecule has 34 heavy (non-hydrogen) atoms. The molecule has 3 aromatic carbocycles. The highest BCUT2D eigenvalue weighted by Gasteiger charge is 2.31. The Kier molecular flexibility index (Phi) is 7.69. The van der Waals surface area contributed by atoms with Crippen molar-refractivity contribution < 1.29 is 30.0 Å². The molecule has 0 aliphatic heterocycles. The molecule has 0 atom stereocenters. The molecule has 0 saturated heterocycles. The van der Waals surface area contributed by atoms with Crippen LogP contribution in [-0.4, -0.2) is 29.9 Å². The molecule has 0 aliphatic carbocycles. The monoisotopic (exact) mass is 512 g/mol. The Morgan fingerprint density at radius 1 is 0.824 bits per heavy atom. The molecular weight excluding hydrogens is 489 g/mol. The zero-order valence-electron chi connectivity index (χ0n) is 18.2. The summed E-state index contributed by atoms with van der Waals surface area (Å²) in [6.07, 6.45) is -4.59. The summed E-state index contributed by atoms with van der Waals surface area (Å²) in [7, 11) is -8.15. The Morgan fingerprint density at radius 2 is 1.47 bits per heavy atom. The molecule has 0 radical (unpaired) electrons. The maximum atomic E-state index is 13.3. The third-order valence-electron chi connectivity index (χ3n) is 4.95. The fourth-order valence-corrected chi connectivity index (χ4v) is 5.79. The highest BCUT2D eigenvalue weighted by atomic mass is 32.2. The number of alkyl halides is 3. The fraction of sp³-hybridized carbons (Fsp3) is 0.217. The van der Waals surface area contributed by atoms with Crippen molar-refractivity contribution in [2.45, 2.75) is 29.3 Å². The van der Waals surface area contributed by atoms with Crippen LogP contribution >= 0.6 is 0 Å². The summed E-state index contributed by atoms with van der Waals surface area (Å²) in [6, 6.07) is 18.1. The molecule has 6 nitrogen and oxygen atoms in total. The first-order valence-corrected chi connectivity index (χ1v) is 13.1. The van der Waals surface area contributed by atoms with Crippen LogP contribution in [0.1, 0.15) is 17.5 Å². The van der Waals surface area contributed by atoms with Gasteiger partial charge in [-0.05, 0) is 55.8 Å². The highest BCUT2D eigenvalue weighted by molar-refractivity contribution is 7.92. The molecule has 0 heterocycles. The summed E-state index contributed by atoms with van der Waals surface area (Å²) in [5.41, 5.74) is 0.229. The van der Waals surface area contributed by atoms with Crippen LogP contribution in [0.25, 0.3) is 0 Å². The van der Waals surface area contributed by atoms with Crippen molar-refractivity contribution in [1.82, 2.24) is 4.72 Å². The largest absolute Gasteiger partial charge is 0.416 e. The third kappa shape index (κ3) is 6.16. The minimum Gasteiger partial charge on any atom is -0.266 e. The van der Waals surface area contributed by atoms with E-state index < -0.39 is 36.7 Å². The number of para-hydroxylation sites is 1. The van der Waals surface area contributed by atoms with Gasteiger partial charge in [-0.25, -0.2) is 21.6 Å². The van der Waals surface area contributed by atoms with E-state index in [0.717, 1.165) is 23.8 Å². The minimum atomic E-state index is -4.67. The molecule has 0 fully saturated rings. The van der Waals surface area contributed by atoms with Gasteiger partial charge < -0.3 is 0 Å². The van der Waals surface area contributed by atoms with Gasteiger partial charge in [-0.15, -0.1) is 0 Å². The normalized spacial score (nSPS) is 12.5. The number of sulfonamides is 2. The summed E-state index contributed by atoms with van der Waals surface area (Å²) >= 11 is 0. The Hall–Kier alpha value is -2.89. The lowest BCUT2D eigenvalue weighted by atomic mass is 10.2. The van der Waals surface area contributed by atoms with Crippen molar-refractivity contribution in [3.8, 4) is 0 Å². The number of halogens is 3. The number of hydrogen-bond acceptors (Lipinski definition) is 4. The lowest BCUT2D eigenvalue weighted by molar-refractivity contribution is -0.137. The molecule has 3 rings (SSSR count). The van der Waals surface area contributed by atoms with E-state index in [4.69, 9.17) is 0 Å².